The van der Waals surface area contributed by atoms with Gasteiger partial charge in [-0.05, 0) is 24.8 Å². The number of aliphatic hydroxyl groups is 1. The lowest BCUT2D eigenvalue weighted by Gasteiger charge is -2.30. The highest BCUT2D eigenvalue weighted by molar-refractivity contribution is 5.75. The van der Waals surface area contributed by atoms with Gasteiger partial charge in [-0.2, -0.15) is 0 Å². The van der Waals surface area contributed by atoms with E-state index in [-0.39, 0.29) is 30.6 Å². The molecule has 2 fully saturated rings. The average molecular weight is 288 g/mol. The van der Waals surface area contributed by atoms with E-state index in [1.165, 1.54) is 5.56 Å². The largest absolute Gasteiger partial charge is 0.396 e. The molecule has 3 N–H and O–H groups in total. The maximum absolute atomic E-state index is 12.1. The Morgan fingerprint density at radius 2 is 1.81 bits per heavy atom. The first-order valence-electron chi connectivity index (χ1n) is 8.00. The summed E-state index contributed by atoms with van der Waals surface area (Å²) in [5, 5.41) is 15.5. The van der Waals surface area contributed by atoms with Crippen LogP contribution in [-0.4, -0.2) is 29.8 Å². The average Bonchev–Trinajstić information content (AvgIpc) is 3.27. The molecule has 21 heavy (non-hydrogen) atoms. The minimum Gasteiger partial charge on any atom is -0.396 e. The standard InChI is InChI=1S/C17H24N2O2/c20-11-13-8-4-5-9-15(13)18-17(21)19-16-10-14(16)12-6-2-1-3-7-12/h1-3,6-7,13-16,20H,4-5,8-11H2,(H2,18,19,21). The van der Waals surface area contributed by atoms with E-state index in [2.05, 4.69) is 22.8 Å². The summed E-state index contributed by atoms with van der Waals surface area (Å²) in [6.45, 7) is 0.168. The van der Waals surface area contributed by atoms with Crippen molar-refractivity contribution in [1.29, 1.82) is 0 Å². The Hall–Kier alpha value is -1.55. The maximum atomic E-state index is 12.1. The Labute approximate surface area is 125 Å². The van der Waals surface area contributed by atoms with Crippen molar-refractivity contribution in [2.24, 2.45) is 5.92 Å². The molecule has 4 atom stereocenters. The fourth-order valence-electron chi connectivity index (χ4n) is 3.42. The number of hydrogen-bond donors (Lipinski definition) is 3. The highest BCUT2D eigenvalue weighted by Crippen LogP contribution is 2.40. The van der Waals surface area contributed by atoms with Crippen molar-refractivity contribution in [3.63, 3.8) is 0 Å². The number of carbonyl (C=O) groups excluding carboxylic acids is 1. The molecule has 2 amide bonds. The van der Waals surface area contributed by atoms with Gasteiger partial charge in [0.05, 0.1) is 0 Å². The van der Waals surface area contributed by atoms with Crippen LogP contribution in [0.5, 0.6) is 0 Å². The molecule has 0 aliphatic heterocycles. The first kappa shape index (κ1) is 14.4. The molecule has 0 saturated heterocycles. The lowest BCUT2D eigenvalue weighted by Crippen LogP contribution is -2.48. The summed E-state index contributed by atoms with van der Waals surface area (Å²) in [4.78, 5) is 12.1. The number of aliphatic hydroxyl groups excluding tert-OH is 1. The zero-order chi connectivity index (χ0) is 14.7. The lowest BCUT2D eigenvalue weighted by atomic mass is 9.85. The van der Waals surface area contributed by atoms with Crippen LogP contribution in [0.15, 0.2) is 30.3 Å². The molecule has 4 unspecified atom stereocenters. The summed E-state index contributed by atoms with van der Waals surface area (Å²) in [5.41, 5.74) is 1.30. The molecule has 0 aromatic heterocycles. The summed E-state index contributed by atoms with van der Waals surface area (Å²) in [7, 11) is 0. The van der Waals surface area contributed by atoms with Crippen LogP contribution in [0, 0.1) is 5.92 Å². The van der Waals surface area contributed by atoms with Gasteiger partial charge in [0, 0.05) is 30.5 Å². The van der Waals surface area contributed by atoms with Crippen molar-refractivity contribution < 1.29 is 9.90 Å². The van der Waals surface area contributed by atoms with E-state index in [0.29, 0.717) is 5.92 Å². The molecule has 0 spiro atoms. The van der Waals surface area contributed by atoms with Gasteiger partial charge in [-0.25, -0.2) is 4.79 Å². The molecule has 0 radical (unpaired) electrons. The van der Waals surface area contributed by atoms with Gasteiger partial charge < -0.3 is 15.7 Å². The second kappa shape index (κ2) is 6.48. The highest BCUT2D eigenvalue weighted by Gasteiger charge is 2.39. The Morgan fingerprint density at radius 1 is 1.10 bits per heavy atom. The minimum atomic E-state index is -0.0798. The van der Waals surface area contributed by atoms with Crippen LogP contribution in [0.1, 0.15) is 43.6 Å². The van der Waals surface area contributed by atoms with Gasteiger partial charge in [-0.15, -0.1) is 0 Å². The molecule has 3 rings (SSSR count). The van der Waals surface area contributed by atoms with E-state index in [9.17, 15) is 9.90 Å². The summed E-state index contributed by atoms with van der Waals surface area (Å²) >= 11 is 0. The molecule has 4 heteroatoms. The first-order valence-corrected chi connectivity index (χ1v) is 8.00. The second-order valence-electron chi connectivity index (χ2n) is 6.31. The summed E-state index contributed by atoms with van der Waals surface area (Å²) in [6, 6.07) is 10.6. The van der Waals surface area contributed by atoms with E-state index < -0.39 is 0 Å². The monoisotopic (exact) mass is 288 g/mol. The van der Waals surface area contributed by atoms with Crippen LogP contribution in [0.25, 0.3) is 0 Å². The Kier molecular flexibility index (Phi) is 4.44. The highest BCUT2D eigenvalue weighted by atomic mass is 16.3. The topological polar surface area (TPSA) is 61.4 Å². The predicted molar refractivity (Wildman–Crippen MR) is 82.1 cm³/mol. The first-order chi connectivity index (χ1) is 10.3. The molecule has 1 aromatic carbocycles. The van der Waals surface area contributed by atoms with E-state index >= 15 is 0 Å². The van der Waals surface area contributed by atoms with Gasteiger partial charge >= 0.3 is 6.03 Å². The van der Waals surface area contributed by atoms with Crippen LogP contribution in [0.4, 0.5) is 4.79 Å². The van der Waals surface area contributed by atoms with Crippen LogP contribution < -0.4 is 10.6 Å². The normalized spacial score (nSPS) is 31.5. The van der Waals surface area contributed by atoms with E-state index in [4.69, 9.17) is 0 Å². The zero-order valence-electron chi connectivity index (χ0n) is 12.3. The second-order valence-corrected chi connectivity index (χ2v) is 6.31. The minimum absolute atomic E-state index is 0.0798. The van der Waals surface area contributed by atoms with Crippen molar-refractivity contribution in [3.8, 4) is 0 Å². The van der Waals surface area contributed by atoms with E-state index in [0.717, 1.165) is 32.1 Å². The molecule has 4 nitrogen and oxygen atoms in total. The van der Waals surface area contributed by atoms with Gasteiger partial charge in [0.25, 0.3) is 0 Å². The summed E-state index contributed by atoms with van der Waals surface area (Å²) in [5.74, 6) is 0.672. The fraction of sp³-hybridized carbons (Fsp3) is 0.588. The molecular weight excluding hydrogens is 264 g/mol. The smallest absolute Gasteiger partial charge is 0.315 e. The van der Waals surface area contributed by atoms with Crippen molar-refractivity contribution in [2.45, 2.75) is 50.1 Å². The zero-order valence-corrected chi connectivity index (χ0v) is 12.3. The van der Waals surface area contributed by atoms with E-state index in [1.807, 2.05) is 18.2 Å². The number of amides is 2. The number of nitrogens with one attached hydrogen (secondary N) is 2. The van der Waals surface area contributed by atoms with Crippen molar-refractivity contribution in [3.05, 3.63) is 35.9 Å². The molecule has 2 aliphatic rings. The molecule has 114 valence electrons. The van der Waals surface area contributed by atoms with Gasteiger partial charge in [-0.3, -0.25) is 0 Å². The van der Waals surface area contributed by atoms with Crippen molar-refractivity contribution in [1.82, 2.24) is 10.6 Å². The predicted octanol–water partition coefficient (Wildman–Crippen LogP) is 2.39. The fourth-order valence-corrected chi connectivity index (χ4v) is 3.42. The molecule has 0 bridgehead atoms. The van der Waals surface area contributed by atoms with Crippen LogP contribution in [0.3, 0.4) is 0 Å². The van der Waals surface area contributed by atoms with Gasteiger partial charge in [0.2, 0.25) is 0 Å². The third kappa shape index (κ3) is 3.56. The summed E-state index contributed by atoms with van der Waals surface area (Å²) in [6.07, 6.45) is 5.30. The third-order valence-corrected chi connectivity index (χ3v) is 4.79. The van der Waals surface area contributed by atoms with E-state index in [1.54, 1.807) is 0 Å². The number of hydrogen-bond acceptors (Lipinski definition) is 2. The number of urea groups is 1. The number of rotatable bonds is 4. The number of benzene rings is 1. The van der Waals surface area contributed by atoms with Gasteiger partial charge in [-0.1, -0.05) is 43.2 Å². The SMILES string of the molecule is O=C(NC1CCCCC1CO)NC1CC1c1ccccc1. The van der Waals surface area contributed by atoms with Crippen LogP contribution in [-0.2, 0) is 0 Å². The maximum Gasteiger partial charge on any atom is 0.315 e. The molecule has 0 heterocycles. The van der Waals surface area contributed by atoms with Crippen LogP contribution in [0.2, 0.25) is 0 Å². The van der Waals surface area contributed by atoms with Crippen molar-refractivity contribution >= 4 is 6.03 Å². The third-order valence-electron chi connectivity index (χ3n) is 4.79. The summed E-state index contributed by atoms with van der Waals surface area (Å²) < 4.78 is 0. The number of carbonyl (C=O) groups is 1. The van der Waals surface area contributed by atoms with Gasteiger partial charge in [0.1, 0.15) is 0 Å². The quantitative estimate of drug-likeness (QED) is 0.796. The molecule has 2 aliphatic carbocycles. The lowest BCUT2D eigenvalue weighted by molar-refractivity contribution is 0.153. The van der Waals surface area contributed by atoms with Gasteiger partial charge in [0.15, 0.2) is 0 Å². The molecule has 1 aromatic rings. The molecular formula is C17H24N2O2. The Balaban J connectivity index is 1.47. The van der Waals surface area contributed by atoms with Crippen LogP contribution >= 0.6 is 0 Å². The Bertz CT molecular complexity index is 477. The molecule has 2 saturated carbocycles. The van der Waals surface area contributed by atoms with Crippen molar-refractivity contribution in [2.75, 3.05) is 6.61 Å². The Morgan fingerprint density at radius 3 is 2.57 bits per heavy atom.